The Labute approximate surface area is 273 Å². The molecule has 1 saturated carbocycles. The molecular weight excluding hydrogens is 602 g/mol. The highest BCUT2D eigenvalue weighted by molar-refractivity contribution is 6.16. The zero-order valence-electron chi connectivity index (χ0n) is 28.3. The minimum Gasteiger partial charge on any atom is -0.447 e. The van der Waals surface area contributed by atoms with E-state index in [0.717, 1.165) is 38.5 Å². The van der Waals surface area contributed by atoms with Crippen molar-refractivity contribution in [3.05, 3.63) is 11.6 Å². The number of ether oxygens (including phenoxy) is 5. The summed E-state index contributed by atoms with van der Waals surface area (Å²) in [5.74, 6) is -0.355. The van der Waals surface area contributed by atoms with E-state index in [4.69, 9.17) is 23.7 Å². The summed E-state index contributed by atoms with van der Waals surface area (Å²) in [6.45, 7) is 11.6. The van der Waals surface area contributed by atoms with Crippen LogP contribution in [-0.4, -0.2) is 101 Å². The average molecular weight is 657 g/mol. The number of unbranched alkanes of at least 4 members (excludes halogenated alkanes) is 3. The predicted octanol–water partition coefficient (Wildman–Crippen LogP) is 2.97. The van der Waals surface area contributed by atoms with Crippen LogP contribution in [0.25, 0.3) is 0 Å². The first-order valence-corrected chi connectivity index (χ1v) is 16.5. The number of halogens is 1. The predicted molar refractivity (Wildman–Crippen MR) is 170 cm³/mol. The molecule has 1 aliphatic carbocycles. The van der Waals surface area contributed by atoms with Crippen molar-refractivity contribution in [2.75, 3.05) is 40.0 Å². The number of epoxide rings is 2. The van der Waals surface area contributed by atoms with Crippen LogP contribution in [0.2, 0.25) is 0 Å². The number of amides is 3. The van der Waals surface area contributed by atoms with E-state index in [1.54, 1.807) is 7.11 Å². The molecular formula is C31H54BFN4O9. The smallest absolute Gasteiger partial charge is 0.447 e. The number of hydrogen-bond acceptors (Lipinski definition) is 10. The van der Waals surface area contributed by atoms with Crippen LogP contribution >= 0.6 is 0 Å². The molecule has 2 aliphatic heterocycles. The van der Waals surface area contributed by atoms with Crippen molar-refractivity contribution in [1.82, 2.24) is 21.4 Å². The van der Waals surface area contributed by atoms with Crippen molar-refractivity contribution >= 4 is 25.9 Å². The van der Waals surface area contributed by atoms with Gasteiger partial charge in [-0.15, -0.1) is 0 Å². The van der Waals surface area contributed by atoms with Crippen LogP contribution in [0.3, 0.4) is 0 Å². The van der Waals surface area contributed by atoms with Crippen LogP contribution in [0.1, 0.15) is 79.6 Å². The van der Waals surface area contributed by atoms with Gasteiger partial charge in [0.05, 0.1) is 31.2 Å². The quantitative estimate of drug-likeness (QED) is 0.0504. The summed E-state index contributed by atoms with van der Waals surface area (Å²) in [5.41, 5.74) is 2.72. The van der Waals surface area contributed by atoms with Gasteiger partial charge in [-0.05, 0) is 58.8 Å². The molecule has 0 bridgehead atoms. The molecule has 3 rings (SSSR count). The first-order chi connectivity index (χ1) is 22.0. The molecule has 2 saturated heterocycles. The Kier molecular flexibility index (Phi) is 15.0. The summed E-state index contributed by atoms with van der Waals surface area (Å²) in [6.07, 6.45) is 5.71. The number of allylic oxidation sites excluding steroid dienone is 1. The molecule has 3 aliphatic rings. The molecule has 7 atom stereocenters. The third kappa shape index (κ3) is 11.4. The number of carbonyl (C=O) groups excluding carboxylic acids is 3. The summed E-state index contributed by atoms with van der Waals surface area (Å²) < 4.78 is 45.6. The molecule has 15 heteroatoms. The van der Waals surface area contributed by atoms with Crippen molar-refractivity contribution < 1.29 is 47.1 Å². The maximum Gasteiger partial charge on any atom is 0.498 e. The van der Waals surface area contributed by atoms with Gasteiger partial charge in [0.25, 0.3) is 0 Å². The molecule has 3 amide bonds. The molecule has 0 aromatic heterocycles. The minimum absolute atomic E-state index is 0.000568. The van der Waals surface area contributed by atoms with E-state index in [1.165, 1.54) is 5.57 Å². The van der Waals surface area contributed by atoms with Gasteiger partial charge in [0.2, 0.25) is 5.91 Å². The Morgan fingerprint density at radius 2 is 1.78 bits per heavy atom. The van der Waals surface area contributed by atoms with E-state index in [2.05, 4.69) is 53.0 Å². The van der Waals surface area contributed by atoms with E-state index >= 15 is 0 Å². The van der Waals surface area contributed by atoms with E-state index < -0.39 is 37.7 Å². The SMILES string of the molecule is COC1C(OC(=O)N[C@@H](COC(=O)NCCCCCCNC(=O)CNOBF)C(C)C)CC[C@]2(CO2)C1C1(C)O[C@@H]1CC=C(C)C. The van der Waals surface area contributed by atoms with Gasteiger partial charge in [0.1, 0.15) is 30.0 Å². The van der Waals surface area contributed by atoms with Crippen molar-refractivity contribution in [3.8, 4) is 0 Å². The highest BCUT2D eigenvalue weighted by atomic mass is 19.1. The second-order valence-corrected chi connectivity index (χ2v) is 13.2. The number of carbonyl (C=O) groups is 3. The van der Waals surface area contributed by atoms with Crippen LogP contribution in [-0.2, 0) is 33.2 Å². The maximum atomic E-state index is 13.1. The van der Waals surface area contributed by atoms with Gasteiger partial charge >= 0.3 is 19.9 Å². The number of hydroxylamine groups is 1. The summed E-state index contributed by atoms with van der Waals surface area (Å²) in [7, 11) is 0.642. The molecule has 2 heterocycles. The number of alkyl carbamates (subject to hydrolysis) is 2. The maximum absolute atomic E-state index is 13.1. The largest absolute Gasteiger partial charge is 0.498 e. The van der Waals surface area contributed by atoms with Crippen LogP contribution in [0.4, 0.5) is 13.9 Å². The Balaban J connectivity index is 1.36. The fourth-order valence-electron chi connectivity index (χ4n) is 6.25. The van der Waals surface area contributed by atoms with Crippen LogP contribution in [0.5, 0.6) is 0 Å². The van der Waals surface area contributed by atoms with Crippen molar-refractivity contribution in [1.29, 1.82) is 0 Å². The lowest BCUT2D eigenvalue weighted by Gasteiger charge is -2.42. The summed E-state index contributed by atoms with van der Waals surface area (Å²) in [5, 5.41) is 8.31. The van der Waals surface area contributed by atoms with Gasteiger partial charge in [0.15, 0.2) is 0 Å². The van der Waals surface area contributed by atoms with Gasteiger partial charge < -0.3 is 44.4 Å². The molecule has 1 spiro atoms. The van der Waals surface area contributed by atoms with E-state index in [9.17, 15) is 18.7 Å². The average Bonchev–Trinajstić information content (AvgIpc) is 3.92. The topological polar surface area (TPSA) is 161 Å². The molecule has 0 aromatic carbocycles. The molecule has 262 valence electrons. The van der Waals surface area contributed by atoms with Gasteiger partial charge in [0, 0.05) is 20.2 Å². The van der Waals surface area contributed by atoms with Gasteiger partial charge in [-0.2, -0.15) is 0 Å². The van der Waals surface area contributed by atoms with E-state index in [1.807, 2.05) is 13.8 Å². The molecule has 0 aromatic rings. The lowest BCUT2D eigenvalue weighted by atomic mass is 9.68. The minimum atomic E-state index is -0.999. The fourth-order valence-corrected chi connectivity index (χ4v) is 6.25. The summed E-state index contributed by atoms with van der Waals surface area (Å²) in [4.78, 5) is 36.8. The number of methoxy groups -OCH3 is 1. The van der Waals surface area contributed by atoms with Crippen LogP contribution in [0, 0.1) is 11.8 Å². The molecule has 46 heavy (non-hydrogen) atoms. The summed E-state index contributed by atoms with van der Waals surface area (Å²) in [6, 6.07) is -0.441. The summed E-state index contributed by atoms with van der Waals surface area (Å²) >= 11 is 0. The number of hydrogen-bond donors (Lipinski definition) is 4. The second kappa shape index (κ2) is 18.2. The van der Waals surface area contributed by atoms with Crippen LogP contribution < -0.4 is 21.4 Å². The Morgan fingerprint density at radius 3 is 2.39 bits per heavy atom. The monoisotopic (exact) mass is 656 g/mol. The zero-order valence-corrected chi connectivity index (χ0v) is 28.3. The first kappa shape index (κ1) is 38.0. The van der Waals surface area contributed by atoms with Gasteiger partial charge in [-0.1, -0.05) is 38.3 Å². The van der Waals surface area contributed by atoms with Gasteiger partial charge in [-0.3, -0.25) is 9.11 Å². The Hall–Kier alpha value is -2.46. The van der Waals surface area contributed by atoms with Crippen molar-refractivity contribution in [2.45, 2.75) is 115 Å². The zero-order chi connectivity index (χ0) is 33.7. The first-order valence-electron chi connectivity index (χ1n) is 16.5. The standard InChI is InChI=1S/C31H54BFN4O9/c1-20(2)11-12-24-30(5,45-24)27-26(41-6)23(13-14-31(27)19-43-31)44-29(40)37-22(21(3)4)18-42-28(39)35-16-10-8-7-9-15-34-25(38)17-36-46-32-33/h11,21-24,26-27,32,36H,7-10,12-19H2,1-6H3,(H,34,38)(H,35,39)(H,37,40)/t22-,23?,24+,26?,27?,30?,31-/m0/s1. The molecule has 3 fully saturated rings. The Bertz CT molecular complexity index is 1030. The lowest BCUT2D eigenvalue weighted by Crippen LogP contribution is -2.56. The molecule has 13 nitrogen and oxygen atoms in total. The lowest BCUT2D eigenvalue weighted by molar-refractivity contribution is -0.121. The Morgan fingerprint density at radius 1 is 1.09 bits per heavy atom. The van der Waals surface area contributed by atoms with Crippen LogP contribution in [0.15, 0.2) is 11.6 Å². The van der Waals surface area contributed by atoms with E-state index in [-0.39, 0.29) is 48.7 Å². The third-order valence-electron chi connectivity index (χ3n) is 9.08. The second-order valence-electron chi connectivity index (χ2n) is 13.2. The fraction of sp³-hybridized carbons (Fsp3) is 0.839. The highest BCUT2D eigenvalue weighted by Crippen LogP contribution is 2.59. The van der Waals surface area contributed by atoms with Gasteiger partial charge in [-0.25, -0.2) is 15.1 Å². The van der Waals surface area contributed by atoms with E-state index in [0.29, 0.717) is 26.1 Å². The van der Waals surface area contributed by atoms with Crippen molar-refractivity contribution in [3.63, 3.8) is 0 Å². The number of rotatable bonds is 20. The highest BCUT2D eigenvalue weighted by Gasteiger charge is 2.72. The number of nitrogens with one attached hydrogen (secondary N) is 4. The van der Waals surface area contributed by atoms with Crippen molar-refractivity contribution in [2.24, 2.45) is 11.8 Å². The third-order valence-corrected chi connectivity index (χ3v) is 9.08. The normalized spacial score (nSPS) is 28.6. The molecule has 4 N–H and O–H groups in total. The molecule has 0 radical (unpaired) electrons. The molecule has 4 unspecified atom stereocenters.